The van der Waals surface area contributed by atoms with Crippen molar-refractivity contribution in [3.8, 4) is 0 Å². The van der Waals surface area contributed by atoms with E-state index in [0.29, 0.717) is 17.2 Å². The maximum absolute atomic E-state index is 12.5. The second kappa shape index (κ2) is 7.98. The Balaban J connectivity index is 1.47. The summed E-state index contributed by atoms with van der Waals surface area (Å²) in [5, 5.41) is 12.3. The van der Waals surface area contributed by atoms with Crippen LogP contribution >= 0.6 is 23.1 Å². The molecule has 0 atom stereocenters. The van der Waals surface area contributed by atoms with Crippen molar-refractivity contribution in [1.82, 2.24) is 15.1 Å². The van der Waals surface area contributed by atoms with Gasteiger partial charge in [-0.05, 0) is 17.0 Å². The molecule has 0 radical (unpaired) electrons. The SMILES string of the molecule is O=C(Cn1nc2c(c1NC(=O)c1cccs1)CSC2)NCc1ccccc1. The van der Waals surface area contributed by atoms with Crippen molar-refractivity contribution in [2.24, 2.45) is 0 Å². The van der Waals surface area contributed by atoms with Gasteiger partial charge in [0.25, 0.3) is 5.91 Å². The van der Waals surface area contributed by atoms with Crippen LogP contribution in [-0.2, 0) is 29.4 Å². The molecule has 8 heteroatoms. The molecule has 3 aromatic rings. The summed E-state index contributed by atoms with van der Waals surface area (Å²) < 4.78 is 1.61. The highest BCUT2D eigenvalue weighted by Gasteiger charge is 2.25. The van der Waals surface area contributed by atoms with Crippen molar-refractivity contribution < 1.29 is 9.59 Å². The zero-order valence-electron chi connectivity index (χ0n) is 14.5. The Labute approximate surface area is 165 Å². The number of thiophene rings is 1. The standard InChI is InChI=1S/C19H18N4O2S2/c24-17(20-9-13-5-2-1-3-6-13)10-23-18(14-11-26-12-15(14)22-23)21-19(25)16-7-4-8-27-16/h1-8H,9-12H2,(H,20,24)(H,21,25). The van der Waals surface area contributed by atoms with Gasteiger partial charge in [0, 0.05) is 23.6 Å². The molecule has 0 saturated heterocycles. The highest BCUT2D eigenvalue weighted by Crippen LogP contribution is 2.35. The van der Waals surface area contributed by atoms with Crippen LogP contribution in [0.5, 0.6) is 0 Å². The summed E-state index contributed by atoms with van der Waals surface area (Å²) in [5.74, 6) is 1.91. The lowest BCUT2D eigenvalue weighted by Gasteiger charge is -2.11. The third-order valence-electron chi connectivity index (χ3n) is 4.22. The smallest absolute Gasteiger partial charge is 0.266 e. The molecule has 27 heavy (non-hydrogen) atoms. The second-order valence-electron chi connectivity index (χ2n) is 6.12. The first-order valence-corrected chi connectivity index (χ1v) is 10.6. The first kappa shape index (κ1) is 17.8. The van der Waals surface area contributed by atoms with Crippen LogP contribution in [0.3, 0.4) is 0 Å². The zero-order valence-corrected chi connectivity index (χ0v) is 16.1. The highest BCUT2D eigenvalue weighted by atomic mass is 32.2. The minimum atomic E-state index is -0.171. The van der Waals surface area contributed by atoms with Crippen LogP contribution in [0, 0.1) is 0 Å². The van der Waals surface area contributed by atoms with Crippen molar-refractivity contribution in [3.05, 3.63) is 69.5 Å². The molecule has 138 valence electrons. The number of carbonyl (C=O) groups is 2. The van der Waals surface area contributed by atoms with Crippen LogP contribution < -0.4 is 10.6 Å². The van der Waals surface area contributed by atoms with Gasteiger partial charge in [0.2, 0.25) is 5.91 Å². The van der Waals surface area contributed by atoms with E-state index >= 15 is 0 Å². The molecule has 3 heterocycles. The Morgan fingerprint density at radius 1 is 1.11 bits per heavy atom. The fraction of sp³-hybridized carbons (Fsp3) is 0.211. The third-order valence-corrected chi connectivity index (χ3v) is 6.06. The first-order valence-electron chi connectivity index (χ1n) is 8.52. The van der Waals surface area contributed by atoms with E-state index in [0.717, 1.165) is 28.3 Å². The molecule has 0 fully saturated rings. The highest BCUT2D eigenvalue weighted by molar-refractivity contribution is 7.98. The van der Waals surface area contributed by atoms with Gasteiger partial charge >= 0.3 is 0 Å². The molecule has 2 aromatic heterocycles. The van der Waals surface area contributed by atoms with E-state index in [-0.39, 0.29) is 18.4 Å². The Morgan fingerprint density at radius 2 is 1.96 bits per heavy atom. The van der Waals surface area contributed by atoms with Gasteiger partial charge in [0.15, 0.2) is 0 Å². The number of fused-ring (bicyclic) bond motifs is 1. The van der Waals surface area contributed by atoms with Crippen molar-refractivity contribution in [3.63, 3.8) is 0 Å². The molecule has 1 aromatic carbocycles. The molecule has 0 spiro atoms. The van der Waals surface area contributed by atoms with Gasteiger partial charge in [-0.2, -0.15) is 16.9 Å². The molecule has 1 aliphatic heterocycles. The van der Waals surface area contributed by atoms with E-state index in [9.17, 15) is 9.59 Å². The minimum Gasteiger partial charge on any atom is -0.350 e. The molecule has 6 nitrogen and oxygen atoms in total. The summed E-state index contributed by atoms with van der Waals surface area (Å²) in [6, 6.07) is 13.4. The number of aromatic nitrogens is 2. The number of carbonyl (C=O) groups excluding carboxylic acids is 2. The monoisotopic (exact) mass is 398 g/mol. The zero-order chi connectivity index (χ0) is 18.6. The summed E-state index contributed by atoms with van der Waals surface area (Å²) in [4.78, 5) is 25.5. The van der Waals surface area contributed by atoms with Gasteiger partial charge in [0.1, 0.15) is 12.4 Å². The van der Waals surface area contributed by atoms with Gasteiger partial charge in [0.05, 0.1) is 10.6 Å². The summed E-state index contributed by atoms with van der Waals surface area (Å²) >= 11 is 3.14. The lowest BCUT2D eigenvalue weighted by Crippen LogP contribution is -2.28. The van der Waals surface area contributed by atoms with Crippen molar-refractivity contribution in [2.45, 2.75) is 24.6 Å². The number of hydrogen-bond donors (Lipinski definition) is 2. The number of nitrogens with zero attached hydrogens (tertiary/aromatic N) is 2. The second-order valence-corrected chi connectivity index (χ2v) is 8.05. The average molecular weight is 399 g/mol. The minimum absolute atomic E-state index is 0.0740. The lowest BCUT2D eigenvalue weighted by molar-refractivity contribution is -0.122. The summed E-state index contributed by atoms with van der Waals surface area (Å²) in [5.41, 5.74) is 2.99. The average Bonchev–Trinajstić information content (AvgIpc) is 3.41. The van der Waals surface area contributed by atoms with Gasteiger partial charge in [-0.1, -0.05) is 36.4 Å². The molecule has 0 saturated carbocycles. The predicted octanol–water partition coefficient (Wildman–Crippen LogP) is 3.26. The van der Waals surface area contributed by atoms with Crippen molar-refractivity contribution >= 4 is 40.7 Å². The van der Waals surface area contributed by atoms with E-state index in [1.807, 2.05) is 41.8 Å². The first-order chi connectivity index (χ1) is 13.2. The van der Waals surface area contributed by atoms with Crippen LogP contribution in [0.15, 0.2) is 47.8 Å². The molecule has 1 aliphatic rings. The molecule has 0 aliphatic carbocycles. The largest absolute Gasteiger partial charge is 0.350 e. The maximum Gasteiger partial charge on any atom is 0.266 e. The third kappa shape index (κ3) is 4.06. The lowest BCUT2D eigenvalue weighted by atomic mass is 10.2. The topological polar surface area (TPSA) is 76.0 Å². The Hall–Kier alpha value is -2.58. The number of thioether (sulfide) groups is 1. The molecule has 2 N–H and O–H groups in total. The fourth-order valence-electron chi connectivity index (χ4n) is 2.89. The summed E-state index contributed by atoms with van der Waals surface area (Å²) in [6.07, 6.45) is 0. The van der Waals surface area contributed by atoms with Gasteiger partial charge < -0.3 is 10.6 Å². The van der Waals surface area contributed by atoms with Crippen LogP contribution in [0.4, 0.5) is 5.82 Å². The number of hydrogen-bond acceptors (Lipinski definition) is 5. The molecule has 4 rings (SSSR count). The van der Waals surface area contributed by atoms with Crippen molar-refractivity contribution in [1.29, 1.82) is 0 Å². The quantitative estimate of drug-likeness (QED) is 0.668. The van der Waals surface area contributed by atoms with Crippen LogP contribution in [0.2, 0.25) is 0 Å². The maximum atomic E-state index is 12.5. The van der Waals surface area contributed by atoms with Crippen LogP contribution in [0.1, 0.15) is 26.5 Å². The number of amides is 2. The summed E-state index contributed by atoms with van der Waals surface area (Å²) in [7, 11) is 0. The van der Waals surface area contributed by atoms with Gasteiger partial charge in [-0.3, -0.25) is 9.59 Å². The van der Waals surface area contributed by atoms with E-state index in [2.05, 4.69) is 15.7 Å². The summed E-state index contributed by atoms with van der Waals surface area (Å²) in [6.45, 7) is 0.540. The molecule has 0 bridgehead atoms. The van der Waals surface area contributed by atoms with Crippen molar-refractivity contribution in [2.75, 3.05) is 5.32 Å². The molecule has 0 unspecified atom stereocenters. The number of rotatable bonds is 6. The fourth-order valence-corrected chi connectivity index (χ4v) is 4.54. The predicted molar refractivity (Wildman–Crippen MR) is 108 cm³/mol. The van der Waals surface area contributed by atoms with Gasteiger partial charge in [-0.15, -0.1) is 11.3 Å². The number of anilines is 1. The van der Waals surface area contributed by atoms with Crippen LogP contribution in [-0.4, -0.2) is 21.6 Å². The van der Waals surface area contributed by atoms with E-state index in [1.54, 1.807) is 22.5 Å². The molecule has 2 amide bonds. The molecular formula is C19H18N4O2S2. The van der Waals surface area contributed by atoms with E-state index < -0.39 is 0 Å². The number of benzene rings is 1. The normalized spacial score (nSPS) is 12.6. The Bertz CT molecular complexity index is 952. The Kier molecular flexibility index (Phi) is 5.26. The van der Waals surface area contributed by atoms with Crippen LogP contribution in [0.25, 0.3) is 0 Å². The Morgan fingerprint density at radius 3 is 2.74 bits per heavy atom. The van der Waals surface area contributed by atoms with E-state index in [4.69, 9.17) is 0 Å². The number of nitrogens with one attached hydrogen (secondary N) is 2. The molecular weight excluding hydrogens is 380 g/mol. The van der Waals surface area contributed by atoms with Gasteiger partial charge in [-0.25, -0.2) is 4.68 Å². The van der Waals surface area contributed by atoms with E-state index in [1.165, 1.54) is 11.3 Å².